The minimum absolute atomic E-state index is 0.216. The van der Waals surface area contributed by atoms with E-state index in [0.29, 0.717) is 12.2 Å². The lowest BCUT2D eigenvalue weighted by molar-refractivity contribution is 0.386. The van der Waals surface area contributed by atoms with Crippen molar-refractivity contribution in [1.29, 1.82) is 0 Å². The van der Waals surface area contributed by atoms with Gasteiger partial charge in [0.1, 0.15) is 0 Å². The van der Waals surface area contributed by atoms with Crippen molar-refractivity contribution in [2.24, 2.45) is 0 Å². The SMILES string of the molecule is CCCNCc1cn(-c2ccc(OC)c(F)c2)nn1. The average molecular weight is 264 g/mol. The van der Waals surface area contributed by atoms with Crippen LogP contribution in [0.4, 0.5) is 4.39 Å². The fourth-order valence-electron chi connectivity index (χ4n) is 1.70. The highest BCUT2D eigenvalue weighted by Gasteiger charge is 2.07. The first-order chi connectivity index (χ1) is 9.24. The Hall–Kier alpha value is -1.95. The van der Waals surface area contributed by atoms with Crippen LogP contribution in [0.1, 0.15) is 19.0 Å². The number of hydrogen-bond acceptors (Lipinski definition) is 4. The third kappa shape index (κ3) is 3.29. The van der Waals surface area contributed by atoms with Crippen LogP contribution in [0.25, 0.3) is 5.69 Å². The van der Waals surface area contributed by atoms with Crippen LogP contribution in [0.5, 0.6) is 5.75 Å². The summed E-state index contributed by atoms with van der Waals surface area (Å²) in [6.07, 6.45) is 2.85. The predicted molar refractivity (Wildman–Crippen MR) is 69.9 cm³/mol. The Morgan fingerprint density at radius 3 is 2.95 bits per heavy atom. The number of halogens is 1. The standard InChI is InChI=1S/C13H17FN4O/c1-3-6-15-8-10-9-18(17-16-10)11-4-5-13(19-2)12(14)7-11/h4-5,7,9,15H,3,6,8H2,1-2H3. The van der Waals surface area contributed by atoms with Crippen molar-refractivity contribution in [3.05, 3.63) is 35.9 Å². The first kappa shape index (κ1) is 13.5. The van der Waals surface area contributed by atoms with Crippen LogP contribution >= 0.6 is 0 Å². The van der Waals surface area contributed by atoms with Crippen molar-refractivity contribution in [1.82, 2.24) is 20.3 Å². The largest absolute Gasteiger partial charge is 0.494 e. The van der Waals surface area contributed by atoms with Gasteiger partial charge in [-0.15, -0.1) is 5.10 Å². The molecule has 2 aromatic rings. The summed E-state index contributed by atoms with van der Waals surface area (Å²) in [5, 5.41) is 11.3. The second kappa shape index (κ2) is 6.29. The molecule has 0 atom stereocenters. The Balaban J connectivity index is 2.11. The zero-order chi connectivity index (χ0) is 13.7. The van der Waals surface area contributed by atoms with E-state index in [1.807, 2.05) is 0 Å². The van der Waals surface area contributed by atoms with Gasteiger partial charge in [-0.25, -0.2) is 9.07 Å². The molecule has 0 saturated carbocycles. The van der Waals surface area contributed by atoms with Gasteiger partial charge in [0.15, 0.2) is 11.6 Å². The van der Waals surface area contributed by atoms with E-state index in [0.717, 1.165) is 18.7 Å². The third-order valence-electron chi connectivity index (χ3n) is 2.67. The number of aromatic nitrogens is 3. The summed E-state index contributed by atoms with van der Waals surface area (Å²) < 4.78 is 20.0. The molecule has 0 spiro atoms. The van der Waals surface area contributed by atoms with Crippen molar-refractivity contribution >= 4 is 0 Å². The Morgan fingerprint density at radius 1 is 1.42 bits per heavy atom. The minimum atomic E-state index is -0.416. The van der Waals surface area contributed by atoms with E-state index in [4.69, 9.17) is 4.74 Å². The smallest absolute Gasteiger partial charge is 0.167 e. The van der Waals surface area contributed by atoms with Gasteiger partial charge >= 0.3 is 0 Å². The molecule has 1 N–H and O–H groups in total. The van der Waals surface area contributed by atoms with Gasteiger partial charge in [0, 0.05) is 12.6 Å². The molecule has 0 aliphatic carbocycles. The summed E-state index contributed by atoms with van der Waals surface area (Å²) in [4.78, 5) is 0. The number of methoxy groups -OCH3 is 1. The Kier molecular flexibility index (Phi) is 4.46. The molecule has 1 aromatic heterocycles. The molecule has 5 nitrogen and oxygen atoms in total. The van der Waals surface area contributed by atoms with Gasteiger partial charge in [-0.3, -0.25) is 0 Å². The highest BCUT2D eigenvalue weighted by molar-refractivity contribution is 5.38. The van der Waals surface area contributed by atoms with E-state index in [9.17, 15) is 4.39 Å². The highest BCUT2D eigenvalue weighted by Crippen LogP contribution is 2.19. The van der Waals surface area contributed by atoms with Crippen LogP contribution in [0.3, 0.4) is 0 Å². The van der Waals surface area contributed by atoms with Crippen molar-refractivity contribution < 1.29 is 9.13 Å². The first-order valence-electron chi connectivity index (χ1n) is 6.20. The summed E-state index contributed by atoms with van der Waals surface area (Å²) in [6, 6.07) is 4.68. The van der Waals surface area contributed by atoms with Crippen LogP contribution in [-0.2, 0) is 6.54 Å². The molecule has 19 heavy (non-hydrogen) atoms. The van der Waals surface area contributed by atoms with Crippen LogP contribution in [0.2, 0.25) is 0 Å². The summed E-state index contributed by atoms with van der Waals surface area (Å²) in [6.45, 7) is 3.69. The van der Waals surface area contributed by atoms with E-state index in [1.165, 1.54) is 13.2 Å². The van der Waals surface area contributed by atoms with Crippen molar-refractivity contribution in [3.63, 3.8) is 0 Å². The zero-order valence-corrected chi connectivity index (χ0v) is 11.1. The summed E-state index contributed by atoms with van der Waals surface area (Å²) >= 11 is 0. The zero-order valence-electron chi connectivity index (χ0n) is 11.1. The number of hydrogen-bond donors (Lipinski definition) is 1. The van der Waals surface area contributed by atoms with Gasteiger partial charge in [0.25, 0.3) is 0 Å². The third-order valence-corrected chi connectivity index (χ3v) is 2.67. The number of benzene rings is 1. The first-order valence-corrected chi connectivity index (χ1v) is 6.20. The maximum absolute atomic E-state index is 13.6. The lowest BCUT2D eigenvalue weighted by Gasteiger charge is -2.04. The molecule has 6 heteroatoms. The van der Waals surface area contributed by atoms with Gasteiger partial charge in [-0.2, -0.15) is 0 Å². The van der Waals surface area contributed by atoms with Crippen LogP contribution < -0.4 is 10.1 Å². The van der Waals surface area contributed by atoms with Gasteiger partial charge < -0.3 is 10.1 Å². The molecule has 0 amide bonds. The average Bonchev–Trinajstić information content (AvgIpc) is 2.88. The van der Waals surface area contributed by atoms with Gasteiger partial charge in [-0.1, -0.05) is 12.1 Å². The fraction of sp³-hybridized carbons (Fsp3) is 0.385. The molecule has 0 radical (unpaired) electrons. The van der Waals surface area contributed by atoms with Crippen molar-refractivity contribution in [3.8, 4) is 11.4 Å². The molecular formula is C13H17FN4O. The van der Waals surface area contributed by atoms with Gasteiger partial charge in [0.2, 0.25) is 0 Å². The molecule has 0 aliphatic rings. The number of nitrogens with zero attached hydrogens (tertiary/aromatic N) is 3. The number of ether oxygens (including phenoxy) is 1. The molecule has 0 unspecified atom stereocenters. The maximum Gasteiger partial charge on any atom is 0.167 e. The van der Waals surface area contributed by atoms with Crippen LogP contribution in [-0.4, -0.2) is 28.6 Å². The van der Waals surface area contributed by atoms with Crippen molar-refractivity contribution in [2.45, 2.75) is 19.9 Å². The van der Waals surface area contributed by atoms with Crippen LogP contribution in [0.15, 0.2) is 24.4 Å². The van der Waals surface area contributed by atoms with Crippen LogP contribution in [0, 0.1) is 5.82 Å². The number of rotatable bonds is 6. The Labute approximate surface area is 111 Å². The Bertz CT molecular complexity index is 541. The molecule has 2 rings (SSSR count). The second-order valence-corrected chi connectivity index (χ2v) is 4.15. The minimum Gasteiger partial charge on any atom is -0.494 e. The summed E-state index contributed by atoms with van der Waals surface area (Å²) in [5.41, 5.74) is 1.44. The predicted octanol–water partition coefficient (Wildman–Crippen LogP) is 1.91. The van der Waals surface area contributed by atoms with Gasteiger partial charge in [0.05, 0.1) is 24.7 Å². The van der Waals surface area contributed by atoms with Gasteiger partial charge in [-0.05, 0) is 25.1 Å². The molecule has 1 heterocycles. The summed E-state index contributed by atoms with van der Waals surface area (Å²) in [5.74, 6) is -0.199. The Morgan fingerprint density at radius 2 is 2.26 bits per heavy atom. The lowest BCUT2D eigenvalue weighted by Crippen LogP contribution is -2.13. The van der Waals surface area contributed by atoms with E-state index >= 15 is 0 Å². The summed E-state index contributed by atoms with van der Waals surface area (Å²) in [7, 11) is 1.44. The van der Waals surface area contributed by atoms with Crippen molar-refractivity contribution in [2.75, 3.05) is 13.7 Å². The quantitative estimate of drug-likeness (QED) is 0.810. The maximum atomic E-state index is 13.6. The molecular weight excluding hydrogens is 247 g/mol. The van der Waals surface area contributed by atoms with E-state index in [2.05, 4.69) is 22.6 Å². The normalized spacial score (nSPS) is 10.7. The number of nitrogens with one attached hydrogen (secondary N) is 1. The molecule has 102 valence electrons. The lowest BCUT2D eigenvalue weighted by atomic mass is 10.3. The molecule has 1 aromatic carbocycles. The van der Waals surface area contributed by atoms with E-state index in [1.54, 1.807) is 23.0 Å². The topological polar surface area (TPSA) is 52.0 Å². The molecule has 0 saturated heterocycles. The fourth-order valence-corrected chi connectivity index (χ4v) is 1.70. The second-order valence-electron chi connectivity index (χ2n) is 4.15. The molecule has 0 aliphatic heterocycles. The molecule has 0 bridgehead atoms. The monoisotopic (exact) mass is 264 g/mol. The highest BCUT2D eigenvalue weighted by atomic mass is 19.1. The van der Waals surface area contributed by atoms with E-state index in [-0.39, 0.29) is 5.75 Å². The van der Waals surface area contributed by atoms with E-state index < -0.39 is 5.82 Å². The molecule has 0 fully saturated rings.